The molecule has 0 aromatic carbocycles. The van der Waals surface area contributed by atoms with E-state index in [9.17, 15) is 9.90 Å². The fraction of sp³-hybridized carbons (Fsp3) is 0.600. The van der Waals surface area contributed by atoms with Gasteiger partial charge in [-0.1, -0.05) is 0 Å². The Balaban J connectivity index is 1.98. The molecule has 1 aliphatic rings. The van der Waals surface area contributed by atoms with Gasteiger partial charge in [0.25, 0.3) is 0 Å². The normalized spacial score (nSPS) is 23.0. The maximum Gasteiger partial charge on any atom is 0.224 e. The largest absolute Gasteiger partial charge is 0.388 e. The van der Waals surface area contributed by atoms with Gasteiger partial charge in [0, 0.05) is 33.4 Å². The summed E-state index contributed by atoms with van der Waals surface area (Å²) in [6, 6.07) is 3.77. The van der Waals surface area contributed by atoms with Gasteiger partial charge in [-0.05, 0) is 37.1 Å². The number of likely N-dealkylation sites (tertiary alicyclic amines) is 1. The molecule has 0 saturated carbocycles. The Hall–Kier alpha value is -1.66. The lowest BCUT2D eigenvalue weighted by Gasteiger charge is -2.39. The molecule has 1 saturated heterocycles. The number of aromatic nitrogens is 1. The monoisotopic (exact) mass is 292 g/mol. The molecule has 1 fully saturated rings. The molecule has 2 rings (SSSR count). The number of anilines is 1. The van der Waals surface area contributed by atoms with Crippen LogP contribution >= 0.6 is 0 Å². The first kappa shape index (κ1) is 15.7. The first-order valence-electron chi connectivity index (χ1n) is 7.23. The first-order valence-corrected chi connectivity index (χ1v) is 7.23. The molecule has 2 heterocycles. The van der Waals surface area contributed by atoms with Crippen molar-refractivity contribution in [2.75, 3.05) is 32.9 Å². The van der Waals surface area contributed by atoms with Gasteiger partial charge in [-0.3, -0.25) is 9.69 Å². The third-order valence-electron chi connectivity index (χ3n) is 3.87. The second-order valence-electron chi connectivity index (χ2n) is 6.09. The molecule has 1 aliphatic heterocycles. The number of nitrogen functional groups attached to an aromatic ring is 1. The molecule has 1 aromatic rings. The Kier molecular flexibility index (Phi) is 4.80. The molecule has 21 heavy (non-hydrogen) atoms. The van der Waals surface area contributed by atoms with Gasteiger partial charge >= 0.3 is 0 Å². The van der Waals surface area contributed by atoms with Crippen LogP contribution in [0, 0.1) is 0 Å². The minimum absolute atomic E-state index is 0.0347. The van der Waals surface area contributed by atoms with E-state index < -0.39 is 5.60 Å². The summed E-state index contributed by atoms with van der Waals surface area (Å²) >= 11 is 0. The lowest BCUT2D eigenvalue weighted by Crippen LogP contribution is -2.50. The number of amides is 1. The number of piperidine rings is 1. The third kappa shape index (κ3) is 4.41. The van der Waals surface area contributed by atoms with E-state index in [4.69, 9.17) is 5.73 Å². The van der Waals surface area contributed by atoms with Crippen molar-refractivity contribution in [3.05, 3.63) is 23.9 Å². The highest BCUT2D eigenvalue weighted by atomic mass is 16.3. The molecule has 1 unspecified atom stereocenters. The second-order valence-corrected chi connectivity index (χ2v) is 6.09. The van der Waals surface area contributed by atoms with E-state index in [1.54, 1.807) is 20.3 Å². The van der Waals surface area contributed by atoms with Crippen LogP contribution in [-0.4, -0.2) is 58.6 Å². The number of hydrogen-bond acceptors (Lipinski definition) is 5. The molecule has 0 bridgehead atoms. The molecule has 1 atom stereocenters. The Labute approximate surface area is 125 Å². The van der Waals surface area contributed by atoms with Crippen LogP contribution in [0.1, 0.15) is 24.8 Å². The van der Waals surface area contributed by atoms with Crippen LogP contribution in [0.5, 0.6) is 0 Å². The highest BCUT2D eigenvalue weighted by Crippen LogP contribution is 2.26. The highest BCUT2D eigenvalue weighted by molar-refractivity contribution is 5.76. The number of carbonyl (C=O) groups excluding carboxylic acids is 1. The predicted molar refractivity (Wildman–Crippen MR) is 81.4 cm³/mol. The van der Waals surface area contributed by atoms with Gasteiger partial charge in [-0.15, -0.1) is 0 Å². The molecular formula is C15H24N4O2. The summed E-state index contributed by atoms with van der Waals surface area (Å²) in [4.78, 5) is 19.5. The quantitative estimate of drug-likeness (QED) is 0.843. The summed E-state index contributed by atoms with van der Waals surface area (Å²) in [6.45, 7) is 2.14. The van der Waals surface area contributed by atoms with E-state index in [0.717, 1.165) is 18.5 Å². The van der Waals surface area contributed by atoms with Crippen molar-refractivity contribution < 1.29 is 9.90 Å². The van der Waals surface area contributed by atoms with Crippen LogP contribution in [0.15, 0.2) is 18.3 Å². The van der Waals surface area contributed by atoms with Gasteiger partial charge < -0.3 is 15.7 Å². The number of β-amino-alcohol motifs (C(OH)–C–C–N with tert-alkyl or cyclic N) is 1. The fourth-order valence-corrected chi connectivity index (χ4v) is 2.78. The number of nitrogens with two attached hydrogens (primary N) is 1. The number of hydrogen-bond donors (Lipinski definition) is 2. The summed E-state index contributed by atoms with van der Waals surface area (Å²) in [6.07, 6.45) is 3.42. The minimum atomic E-state index is -0.932. The van der Waals surface area contributed by atoms with Crippen molar-refractivity contribution in [2.45, 2.75) is 31.4 Å². The predicted octanol–water partition coefficient (Wildman–Crippen LogP) is 0.469. The molecule has 6 heteroatoms. The Morgan fingerprint density at radius 1 is 1.57 bits per heavy atom. The average molecular weight is 292 g/mol. The van der Waals surface area contributed by atoms with E-state index in [1.165, 1.54) is 4.90 Å². The standard InChI is InChI=1S/C15H24N4O2/c1-18(2)14(20)9-15(21)5-3-7-19(11-15)10-12-4-6-17-13(16)8-12/h4,6,8,21H,3,5,7,9-11H2,1-2H3,(H2,16,17). The zero-order chi connectivity index (χ0) is 15.5. The molecule has 0 aliphatic carbocycles. The summed E-state index contributed by atoms with van der Waals surface area (Å²) in [5.41, 5.74) is 5.83. The Morgan fingerprint density at radius 2 is 2.33 bits per heavy atom. The van der Waals surface area contributed by atoms with E-state index in [1.807, 2.05) is 12.1 Å². The van der Waals surface area contributed by atoms with Crippen molar-refractivity contribution in [3.8, 4) is 0 Å². The summed E-state index contributed by atoms with van der Waals surface area (Å²) < 4.78 is 0. The number of nitrogens with zero attached hydrogens (tertiary/aromatic N) is 3. The van der Waals surface area contributed by atoms with Crippen LogP contribution in [-0.2, 0) is 11.3 Å². The lowest BCUT2D eigenvalue weighted by molar-refractivity contribution is -0.136. The summed E-state index contributed by atoms with van der Waals surface area (Å²) in [5.74, 6) is 0.468. The molecular weight excluding hydrogens is 268 g/mol. The van der Waals surface area contributed by atoms with Gasteiger partial charge in [0.05, 0.1) is 12.0 Å². The number of aliphatic hydroxyl groups is 1. The van der Waals surface area contributed by atoms with Crippen molar-refractivity contribution in [1.82, 2.24) is 14.8 Å². The van der Waals surface area contributed by atoms with Crippen LogP contribution in [0.2, 0.25) is 0 Å². The molecule has 1 amide bonds. The lowest BCUT2D eigenvalue weighted by atomic mass is 9.89. The van der Waals surface area contributed by atoms with Crippen molar-refractivity contribution in [2.24, 2.45) is 0 Å². The zero-order valence-electron chi connectivity index (χ0n) is 12.7. The second kappa shape index (κ2) is 6.41. The molecule has 3 N–H and O–H groups in total. The molecule has 116 valence electrons. The van der Waals surface area contributed by atoms with E-state index in [2.05, 4.69) is 9.88 Å². The molecule has 0 radical (unpaired) electrons. The average Bonchev–Trinajstić information content (AvgIpc) is 2.38. The van der Waals surface area contributed by atoms with Gasteiger partial charge in [-0.25, -0.2) is 4.98 Å². The van der Waals surface area contributed by atoms with Crippen LogP contribution < -0.4 is 5.73 Å². The van der Waals surface area contributed by atoms with Crippen molar-refractivity contribution in [3.63, 3.8) is 0 Å². The maximum atomic E-state index is 11.8. The number of carbonyl (C=O) groups is 1. The van der Waals surface area contributed by atoms with E-state index >= 15 is 0 Å². The SMILES string of the molecule is CN(C)C(=O)CC1(O)CCCN(Cc2ccnc(N)c2)C1. The molecule has 6 nitrogen and oxygen atoms in total. The Bertz CT molecular complexity index is 506. The van der Waals surface area contributed by atoms with Crippen LogP contribution in [0.25, 0.3) is 0 Å². The smallest absolute Gasteiger partial charge is 0.224 e. The highest BCUT2D eigenvalue weighted by Gasteiger charge is 2.35. The topological polar surface area (TPSA) is 82.7 Å². The fourth-order valence-electron chi connectivity index (χ4n) is 2.78. The van der Waals surface area contributed by atoms with Crippen molar-refractivity contribution in [1.29, 1.82) is 0 Å². The number of rotatable bonds is 4. The van der Waals surface area contributed by atoms with Gasteiger partial charge in [0.2, 0.25) is 5.91 Å². The van der Waals surface area contributed by atoms with E-state index in [0.29, 0.717) is 25.3 Å². The Morgan fingerprint density at radius 3 is 3.00 bits per heavy atom. The van der Waals surface area contributed by atoms with Gasteiger partial charge in [0.15, 0.2) is 0 Å². The molecule has 0 spiro atoms. The van der Waals surface area contributed by atoms with Crippen LogP contribution in [0.4, 0.5) is 5.82 Å². The summed E-state index contributed by atoms with van der Waals surface area (Å²) in [5, 5.41) is 10.7. The maximum absolute atomic E-state index is 11.8. The first-order chi connectivity index (χ1) is 9.88. The van der Waals surface area contributed by atoms with Gasteiger partial charge in [0.1, 0.15) is 5.82 Å². The zero-order valence-corrected chi connectivity index (χ0v) is 12.7. The van der Waals surface area contributed by atoms with Crippen LogP contribution in [0.3, 0.4) is 0 Å². The van der Waals surface area contributed by atoms with E-state index in [-0.39, 0.29) is 12.3 Å². The third-order valence-corrected chi connectivity index (χ3v) is 3.87. The minimum Gasteiger partial charge on any atom is -0.388 e. The van der Waals surface area contributed by atoms with Gasteiger partial charge in [-0.2, -0.15) is 0 Å². The summed E-state index contributed by atoms with van der Waals surface area (Å²) in [7, 11) is 3.43. The molecule has 1 aromatic heterocycles. The van der Waals surface area contributed by atoms with Crippen molar-refractivity contribution >= 4 is 11.7 Å². The number of pyridine rings is 1.